The van der Waals surface area contributed by atoms with Crippen LogP contribution >= 0.6 is 15.8 Å². The Balaban J connectivity index is 0.000000263. The van der Waals surface area contributed by atoms with E-state index in [9.17, 15) is 9.59 Å². The largest absolute Gasteiger partial charge is 2.00 e. The van der Waals surface area contributed by atoms with Crippen molar-refractivity contribution in [3.63, 3.8) is 0 Å². The third-order valence-corrected chi connectivity index (χ3v) is 13.8. The second kappa shape index (κ2) is 22.9. The monoisotopic (exact) mass is 916 g/mol. The minimum absolute atomic E-state index is 0. The van der Waals surface area contributed by atoms with Gasteiger partial charge in [-0.2, -0.15) is 0 Å². The van der Waals surface area contributed by atoms with Gasteiger partial charge in [-0.15, -0.1) is 0 Å². The molecule has 0 radical (unpaired) electrons. The van der Waals surface area contributed by atoms with Gasteiger partial charge in [-0.25, -0.2) is 0 Å². The zero-order chi connectivity index (χ0) is 34.8. The van der Waals surface area contributed by atoms with Gasteiger partial charge in [-0.3, -0.25) is 0 Å². The van der Waals surface area contributed by atoms with Gasteiger partial charge in [0.2, 0.25) is 0 Å². The van der Waals surface area contributed by atoms with Gasteiger partial charge < -0.3 is 0 Å². The van der Waals surface area contributed by atoms with Crippen molar-refractivity contribution in [3.8, 4) is 0 Å². The van der Waals surface area contributed by atoms with Crippen molar-refractivity contribution in [2.45, 2.75) is 20.3 Å². The van der Waals surface area contributed by atoms with E-state index in [4.69, 9.17) is 0 Å². The molecule has 7 heteroatoms. The van der Waals surface area contributed by atoms with Crippen molar-refractivity contribution >= 4 is 78.5 Å². The molecule has 6 aromatic rings. The Morgan fingerprint density at radius 2 is 0.660 bits per heavy atom. The van der Waals surface area contributed by atoms with Crippen molar-refractivity contribution in [3.05, 3.63) is 192 Å². The summed E-state index contributed by atoms with van der Waals surface area (Å²) >= 11 is 4.87. The van der Waals surface area contributed by atoms with E-state index in [0.29, 0.717) is 0 Å². The van der Waals surface area contributed by atoms with Crippen LogP contribution in [0.2, 0.25) is 0 Å². The van der Waals surface area contributed by atoms with Crippen molar-refractivity contribution in [1.29, 1.82) is 0 Å². The zero-order valence-corrected chi connectivity index (χ0v) is 34.9. The Morgan fingerprint density at radius 3 is 0.880 bits per heavy atom. The molecule has 0 fully saturated rings. The molecule has 0 aliphatic rings. The Morgan fingerprint density at radius 1 is 0.420 bits per heavy atom. The number of carbonyl (C=O) groups excluding carboxylic acids is 2. The van der Waals surface area contributed by atoms with Crippen LogP contribution in [0.25, 0.3) is 0 Å². The number of carbonyl (C=O) groups is 2. The van der Waals surface area contributed by atoms with E-state index < -0.39 is 0 Å². The summed E-state index contributed by atoms with van der Waals surface area (Å²) in [6, 6.07) is 59.2. The molecule has 6 aromatic carbocycles. The third kappa shape index (κ3) is 14.1. The molecule has 0 amide bonds. The standard InChI is InChI=1S/C27H26P2.2C8H8OSe.Pd/c1-5-14-24(15-6-1)28(25-16-7-2-8-17-25)22-13-23-29(26-18-9-3-10-19-26)27-20-11-4-12-21-27;2*1-6-2-4-7(5-3-6)8(9)10;/h1-12,14-21H,13,22-23H2;2*2-5H,1H3,(H,9,10);/q;;;+2/p-2. The summed E-state index contributed by atoms with van der Waals surface area (Å²) in [5.74, 6) is 0. The normalized spacial score (nSPS) is 10.2. The summed E-state index contributed by atoms with van der Waals surface area (Å²) in [6.45, 7) is 3.99. The van der Waals surface area contributed by atoms with E-state index in [2.05, 4.69) is 153 Å². The number of hydrogen-bond donors (Lipinski definition) is 0. The maximum atomic E-state index is 10.7. The van der Waals surface area contributed by atoms with Crippen LogP contribution in [0.1, 0.15) is 38.3 Å². The summed E-state index contributed by atoms with van der Waals surface area (Å²) in [6.07, 6.45) is 3.72. The Labute approximate surface area is 330 Å². The van der Waals surface area contributed by atoms with Gasteiger partial charge >= 0.3 is 156 Å². The molecule has 0 bridgehead atoms. The summed E-state index contributed by atoms with van der Waals surface area (Å²) in [7, 11) is -0.618. The summed E-state index contributed by atoms with van der Waals surface area (Å²) in [5, 5.41) is 5.94. The summed E-state index contributed by atoms with van der Waals surface area (Å²) in [4.78, 5) is 21.4. The fourth-order valence-corrected chi connectivity index (χ4v) is 10.5. The Bertz CT molecular complexity index is 1620. The molecule has 0 atom stereocenters. The Hall–Kier alpha value is -2.78. The van der Waals surface area contributed by atoms with Crippen LogP contribution in [-0.4, -0.2) is 53.7 Å². The minimum Gasteiger partial charge on any atom is -0.0622 e. The fourth-order valence-electron chi connectivity index (χ4n) is 5.01. The van der Waals surface area contributed by atoms with Crippen LogP contribution in [0.5, 0.6) is 0 Å². The molecular formula is C43H40O2P2PdSe2. The Kier molecular flexibility index (Phi) is 19.1. The van der Waals surface area contributed by atoms with Crippen LogP contribution in [0.4, 0.5) is 0 Å². The second-order valence-corrected chi connectivity index (χ2v) is 17.5. The maximum Gasteiger partial charge on any atom is 2.00 e. The molecule has 0 aliphatic heterocycles. The van der Waals surface area contributed by atoms with Crippen LogP contribution in [-0.2, 0) is 20.4 Å². The molecule has 2 nitrogen and oxygen atoms in total. The quantitative estimate of drug-likeness (QED) is 0.103. The van der Waals surface area contributed by atoms with E-state index in [1.54, 1.807) is 0 Å². The zero-order valence-electron chi connectivity index (χ0n) is 28.1. The number of hydrogen-bond acceptors (Lipinski definition) is 2. The van der Waals surface area contributed by atoms with Gasteiger partial charge in [-0.05, 0) is 55.8 Å². The topological polar surface area (TPSA) is 34.1 Å². The molecule has 0 aromatic heterocycles. The first-order valence-corrected chi connectivity index (χ1v) is 20.9. The molecule has 0 N–H and O–H groups in total. The molecular weight excluding hydrogens is 875 g/mol. The molecule has 0 aliphatic carbocycles. The summed E-state index contributed by atoms with van der Waals surface area (Å²) in [5.41, 5.74) is 3.80. The van der Waals surface area contributed by atoms with Crippen LogP contribution < -0.4 is 21.2 Å². The second-order valence-electron chi connectivity index (χ2n) is 11.3. The number of aryl methyl sites for hydroxylation is 2. The minimum atomic E-state index is -0.309. The van der Waals surface area contributed by atoms with Gasteiger partial charge in [0.1, 0.15) is 0 Å². The van der Waals surface area contributed by atoms with Gasteiger partial charge in [0.25, 0.3) is 0 Å². The maximum absolute atomic E-state index is 10.7. The van der Waals surface area contributed by atoms with E-state index >= 15 is 0 Å². The molecule has 256 valence electrons. The van der Waals surface area contributed by atoms with Gasteiger partial charge in [-0.1, -0.05) is 121 Å². The molecule has 0 spiro atoms. The number of benzene rings is 6. The number of rotatable bonds is 10. The molecule has 0 unspecified atom stereocenters. The average molecular weight is 915 g/mol. The molecule has 0 saturated carbocycles. The molecule has 50 heavy (non-hydrogen) atoms. The van der Waals surface area contributed by atoms with Crippen molar-refractivity contribution in [2.24, 2.45) is 0 Å². The first-order chi connectivity index (χ1) is 23.8. The van der Waals surface area contributed by atoms with Crippen LogP contribution in [0.3, 0.4) is 0 Å². The smallest absolute Gasteiger partial charge is 0.0622 e. The van der Waals surface area contributed by atoms with Crippen molar-refractivity contribution in [2.75, 3.05) is 12.3 Å². The SMILES string of the molecule is Cc1ccc(C(=O)[Se-])cc1.Cc1ccc(C(=O)[Se-])cc1.[Pd+2].c1ccc(P(CCCP(c2ccccc2)c2ccccc2)c2ccccc2)cc1. The van der Waals surface area contributed by atoms with Gasteiger partial charge in [0.15, 0.2) is 0 Å². The fraction of sp³-hybridized carbons (Fsp3) is 0.116. The van der Waals surface area contributed by atoms with Crippen molar-refractivity contribution in [1.82, 2.24) is 0 Å². The molecule has 0 saturated heterocycles. The predicted octanol–water partition coefficient (Wildman–Crippen LogP) is 8.25. The van der Waals surface area contributed by atoms with E-state index in [1.165, 1.54) is 51.1 Å². The van der Waals surface area contributed by atoms with Gasteiger partial charge in [0.05, 0.1) is 0 Å². The van der Waals surface area contributed by atoms with E-state index in [0.717, 1.165) is 11.1 Å². The van der Waals surface area contributed by atoms with Crippen LogP contribution in [0, 0.1) is 13.8 Å². The molecule has 6 rings (SSSR count). The molecule has 0 heterocycles. The van der Waals surface area contributed by atoms with Gasteiger partial charge in [0, 0.05) is 0 Å². The first-order valence-electron chi connectivity index (χ1n) is 16.1. The van der Waals surface area contributed by atoms with Crippen LogP contribution in [0.15, 0.2) is 170 Å². The average Bonchev–Trinajstić information content (AvgIpc) is 3.14. The van der Waals surface area contributed by atoms with E-state index in [-0.39, 0.29) is 45.6 Å². The summed E-state index contributed by atoms with van der Waals surface area (Å²) < 4.78 is 0.000000000000000888. The third-order valence-electron chi connectivity index (χ3n) is 7.61. The van der Waals surface area contributed by atoms with Crippen molar-refractivity contribution < 1.29 is 30.0 Å². The van der Waals surface area contributed by atoms with E-state index in [1.807, 2.05) is 62.4 Å². The predicted molar refractivity (Wildman–Crippen MR) is 215 cm³/mol. The first kappa shape index (κ1) is 41.6.